The van der Waals surface area contributed by atoms with E-state index >= 15 is 0 Å². The maximum atomic E-state index is 6.91. The van der Waals surface area contributed by atoms with Crippen LogP contribution in [0.15, 0.2) is 97.1 Å². The molecule has 0 unspecified atom stereocenters. The smallest absolute Gasteiger partial charge is 0.131 e. The fraction of sp³-hybridized carbons (Fsp3) is 0.382. The second-order valence-electron chi connectivity index (χ2n) is 15.3. The van der Waals surface area contributed by atoms with Gasteiger partial charge in [-0.1, -0.05) is 68.5 Å². The summed E-state index contributed by atoms with van der Waals surface area (Å²) in [5, 5.41) is 0. The molecular formula is C55H64O6. The van der Waals surface area contributed by atoms with Gasteiger partial charge in [0.25, 0.3) is 0 Å². The van der Waals surface area contributed by atoms with Crippen LogP contribution in [0, 0.1) is 30.6 Å². The van der Waals surface area contributed by atoms with E-state index in [1.54, 1.807) is 21.3 Å². The van der Waals surface area contributed by atoms with Gasteiger partial charge >= 0.3 is 0 Å². The number of hydrogen-bond donors (Lipinski definition) is 0. The van der Waals surface area contributed by atoms with Crippen LogP contribution in [-0.4, -0.2) is 21.3 Å². The average molecular weight is 821 g/mol. The van der Waals surface area contributed by atoms with Crippen molar-refractivity contribution in [2.45, 2.75) is 118 Å². The van der Waals surface area contributed by atoms with Gasteiger partial charge < -0.3 is 28.4 Å². The first-order chi connectivity index (χ1) is 29.9. The first-order valence-corrected chi connectivity index (χ1v) is 21.8. The molecule has 0 N–H and O–H groups in total. The second kappa shape index (κ2) is 25.6. The number of hydrogen-bond acceptors (Lipinski definition) is 6. The van der Waals surface area contributed by atoms with Crippen LogP contribution in [0.1, 0.15) is 111 Å². The first-order valence-electron chi connectivity index (χ1n) is 21.8. The molecule has 0 atom stereocenters. The molecule has 0 saturated heterocycles. The van der Waals surface area contributed by atoms with Gasteiger partial charge in [0.05, 0.1) is 26.9 Å². The van der Waals surface area contributed by atoms with E-state index < -0.39 is 0 Å². The zero-order valence-electron chi connectivity index (χ0n) is 37.3. The Morgan fingerprint density at radius 3 is 1.33 bits per heavy atom. The molecule has 0 aromatic heterocycles. The molecule has 0 aliphatic carbocycles. The predicted octanol–water partition coefficient (Wildman–Crippen LogP) is 13.5. The standard InChI is InChI=1S/C55H64O6/c1-7-9-11-13-14-15-16-17-18-19-21-46-36-52(60-40-44-25-31-49(57-5)32-26-44)55(53(37-46)61-41-45-27-33-50(58-6)34-28-45)54-42(3)35-51(38-47(54)22-20-12-10-8-2)59-39-43-23-29-48(56-4)30-24-43/h23-38H,11-22,39-41H2,1-6H3. The lowest BCUT2D eigenvalue weighted by Crippen LogP contribution is -2.06. The van der Waals surface area contributed by atoms with Crippen molar-refractivity contribution in [3.63, 3.8) is 0 Å². The first kappa shape index (κ1) is 46.1. The highest BCUT2D eigenvalue weighted by molar-refractivity contribution is 5.83. The van der Waals surface area contributed by atoms with E-state index in [4.69, 9.17) is 28.4 Å². The molecule has 6 nitrogen and oxygen atoms in total. The molecule has 5 aromatic carbocycles. The van der Waals surface area contributed by atoms with Crippen molar-refractivity contribution in [3.05, 3.63) is 130 Å². The molecule has 320 valence electrons. The topological polar surface area (TPSA) is 55.4 Å². The van der Waals surface area contributed by atoms with E-state index in [-0.39, 0.29) is 0 Å². The number of rotatable bonds is 25. The van der Waals surface area contributed by atoms with E-state index in [9.17, 15) is 0 Å². The van der Waals surface area contributed by atoms with Gasteiger partial charge in [0.15, 0.2) is 0 Å². The van der Waals surface area contributed by atoms with Gasteiger partial charge in [0.2, 0.25) is 0 Å². The minimum absolute atomic E-state index is 0.395. The molecule has 0 saturated carbocycles. The maximum Gasteiger partial charge on any atom is 0.131 e. The van der Waals surface area contributed by atoms with Crippen LogP contribution in [0.2, 0.25) is 0 Å². The molecule has 6 heteroatoms. The molecule has 5 aromatic rings. The van der Waals surface area contributed by atoms with Crippen molar-refractivity contribution in [3.8, 4) is 69.3 Å². The molecule has 5 rings (SSSR count). The van der Waals surface area contributed by atoms with Crippen LogP contribution in [0.5, 0.6) is 34.5 Å². The summed E-state index contributed by atoms with van der Waals surface area (Å²) in [6, 6.07) is 33.0. The Morgan fingerprint density at radius 2 is 0.852 bits per heavy atom. The Balaban J connectivity index is 1.53. The molecule has 0 spiro atoms. The summed E-state index contributed by atoms with van der Waals surface area (Å²) in [4.78, 5) is 0. The summed E-state index contributed by atoms with van der Waals surface area (Å²) in [5.74, 6) is 17.4. The zero-order chi connectivity index (χ0) is 43.1. The monoisotopic (exact) mass is 820 g/mol. The molecular weight excluding hydrogens is 757 g/mol. The molecule has 0 aliphatic heterocycles. The summed E-state index contributed by atoms with van der Waals surface area (Å²) in [7, 11) is 5.05. The van der Waals surface area contributed by atoms with Crippen LogP contribution in [-0.2, 0) is 32.7 Å². The van der Waals surface area contributed by atoms with E-state index in [1.807, 2.05) is 62.4 Å². The van der Waals surface area contributed by atoms with Gasteiger partial charge in [-0.3, -0.25) is 0 Å². The third-order valence-corrected chi connectivity index (χ3v) is 10.8. The third kappa shape index (κ3) is 14.9. The number of ether oxygens (including phenoxy) is 6. The summed E-state index contributed by atoms with van der Waals surface area (Å²) in [6.07, 6.45) is 13.0. The predicted molar refractivity (Wildman–Crippen MR) is 249 cm³/mol. The number of aryl methyl sites for hydroxylation is 3. The van der Waals surface area contributed by atoms with Crippen LogP contribution < -0.4 is 28.4 Å². The fourth-order valence-corrected chi connectivity index (χ4v) is 7.42. The van der Waals surface area contributed by atoms with Crippen molar-refractivity contribution in [1.29, 1.82) is 0 Å². The van der Waals surface area contributed by atoms with E-state index in [1.165, 1.54) is 49.7 Å². The molecule has 0 fully saturated rings. The van der Waals surface area contributed by atoms with Crippen molar-refractivity contribution >= 4 is 0 Å². The van der Waals surface area contributed by atoms with Crippen LogP contribution >= 0.6 is 0 Å². The van der Waals surface area contributed by atoms with Gasteiger partial charge in [-0.05, 0) is 152 Å². The van der Waals surface area contributed by atoms with Crippen molar-refractivity contribution in [2.24, 2.45) is 0 Å². The fourth-order valence-electron chi connectivity index (χ4n) is 7.42. The molecule has 0 aliphatic rings. The number of unbranched alkanes of at least 4 members (excludes halogenated alkanes) is 8. The van der Waals surface area contributed by atoms with Crippen molar-refractivity contribution in [1.82, 2.24) is 0 Å². The van der Waals surface area contributed by atoms with Crippen LogP contribution in [0.4, 0.5) is 0 Å². The summed E-state index contributed by atoms with van der Waals surface area (Å²) >= 11 is 0. The lowest BCUT2D eigenvalue weighted by molar-refractivity contribution is 0.291. The SMILES string of the molecule is CC#CCCCCCCCCCc1cc(OCc2ccc(OC)cc2)c(-c2c(C)cc(OCc3ccc(OC)cc3)cc2CCCC#CC)c(OCc2ccc(OC)cc2)c1. The largest absolute Gasteiger partial charge is 0.497 e. The minimum Gasteiger partial charge on any atom is -0.497 e. The molecule has 61 heavy (non-hydrogen) atoms. The van der Waals surface area contributed by atoms with Crippen molar-refractivity contribution < 1.29 is 28.4 Å². The summed E-state index contributed by atoms with van der Waals surface area (Å²) in [6.45, 7) is 7.21. The molecule has 0 radical (unpaired) electrons. The number of benzene rings is 5. The van der Waals surface area contributed by atoms with Gasteiger partial charge in [-0.2, -0.15) is 0 Å². The van der Waals surface area contributed by atoms with Crippen LogP contribution in [0.3, 0.4) is 0 Å². The molecule has 0 amide bonds. The summed E-state index contributed by atoms with van der Waals surface area (Å²) in [5.41, 5.74) is 8.69. The lowest BCUT2D eigenvalue weighted by atomic mass is 9.89. The van der Waals surface area contributed by atoms with Gasteiger partial charge in [-0.25, -0.2) is 0 Å². The Bertz CT molecular complexity index is 2130. The van der Waals surface area contributed by atoms with Crippen LogP contribution in [0.25, 0.3) is 11.1 Å². The second-order valence-corrected chi connectivity index (χ2v) is 15.3. The zero-order valence-corrected chi connectivity index (χ0v) is 37.3. The highest BCUT2D eigenvalue weighted by Crippen LogP contribution is 2.45. The summed E-state index contributed by atoms with van der Waals surface area (Å²) < 4.78 is 36.6. The van der Waals surface area contributed by atoms with E-state index in [0.717, 1.165) is 106 Å². The minimum atomic E-state index is 0.395. The Labute approximate surface area is 365 Å². The highest BCUT2D eigenvalue weighted by Gasteiger charge is 2.22. The Kier molecular flexibility index (Phi) is 19.3. The molecule has 0 bridgehead atoms. The Morgan fingerprint density at radius 1 is 0.410 bits per heavy atom. The maximum absolute atomic E-state index is 6.91. The van der Waals surface area contributed by atoms with Crippen molar-refractivity contribution in [2.75, 3.05) is 21.3 Å². The van der Waals surface area contributed by atoms with E-state index in [2.05, 4.69) is 79.1 Å². The van der Waals surface area contributed by atoms with Gasteiger partial charge in [0.1, 0.15) is 54.3 Å². The van der Waals surface area contributed by atoms with E-state index in [0.29, 0.717) is 19.8 Å². The normalized spacial score (nSPS) is 10.5. The van der Waals surface area contributed by atoms with Gasteiger partial charge in [-0.15, -0.1) is 23.7 Å². The molecule has 0 heterocycles. The third-order valence-electron chi connectivity index (χ3n) is 10.8. The average Bonchev–Trinajstić information content (AvgIpc) is 3.29. The Hall–Kier alpha value is -5.98. The number of methoxy groups -OCH3 is 3. The highest BCUT2D eigenvalue weighted by atomic mass is 16.5. The lowest BCUT2D eigenvalue weighted by Gasteiger charge is -2.23. The quantitative estimate of drug-likeness (QED) is 0.0432. The van der Waals surface area contributed by atoms with Gasteiger partial charge in [0, 0.05) is 12.8 Å².